The lowest BCUT2D eigenvalue weighted by molar-refractivity contribution is -0.155. The molecule has 2 saturated heterocycles. The van der Waals surface area contributed by atoms with Crippen molar-refractivity contribution in [2.24, 2.45) is 5.41 Å². The molecule has 134 valence electrons. The molecule has 5 nitrogen and oxygen atoms in total. The monoisotopic (exact) mass is 358 g/mol. The first-order valence-corrected chi connectivity index (χ1v) is 9.08. The summed E-state index contributed by atoms with van der Waals surface area (Å²) in [6.07, 6.45) is 0.163. The van der Waals surface area contributed by atoms with Crippen LogP contribution in [0.2, 0.25) is 0 Å². The second-order valence-electron chi connectivity index (χ2n) is 7.15. The Labute approximate surface area is 145 Å². The van der Waals surface area contributed by atoms with Crippen molar-refractivity contribution in [2.45, 2.75) is 32.2 Å². The van der Waals surface area contributed by atoms with Gasteiger partial charge in [0.05, 0.1) is 16.1 Å². The van der Waals surface area contributed by atoms with E-state index >= 15 is 0 Å². The van der Waals surface area contributed by atoms with Gasteiger partial charge in [-0.25, -0.2) is 18.6 Å². The van der Waals surface area contributed by atoms with Crippen LogP contribution < -0.4 is 0 Å². The Bertz CT molecular complexity index is 621. The predicted molar refractivity (Wildman–Crippen MR) is 89.4 cm³/mol. The van der Waals surface area contributed by atoms with Crippen LogP contribution in [-0.4, -0.2) is 71.9 Å². The van der Waals surface area contributed by atoms with Gasteiger partial charge in [0.2, 0.25) is 0 Å². The molecule has 2 fully saturated rings. The molecule has 0 unspecified atom stereocenters. The van der Waals surface area contributed by atoms with E-state index in [0.29, 0.717) is 26.1 Å². The van der Waals surface area contributed by atoms with E-state index in [2.05, 4.69) is 4.98 Å². The Hall–Kier alpha value is -1.28. The number of piperidine rings is 1. The number of nitrogens with zero attached hydrogens (tertiary/aromatic N) is 4. The average molecular weight is 358 g/mol. The molecule has 1 spiro atoms. The van der Waals surface area contributed by atoms with Crippen LogP contribution in [0.4, 0.5) is 13.6 Å². The third kappa shape index (κ3) is 3.13. The number of aromatic nitrogens is 1. The number of alkyl halides is 2. The number of hydrogen-bond acceptors (Lipinski definition) is 4. The number of thiazole rings is 1. The Morgan fingerprint density at radius 3 is 2.71 bits per heavy atom. The number of carbonyl (C=O) groups excluding carboxylic acids is 1. The Morgan fingerprint density at radius 1 is 1.33 bits per heavy atom. The maximum atomic E-state index is 14.7. The highest BCUT2D eigenvalue weighted by molar-refractivity contribution is 7.09. The molecule has 3 rings (SSSR count). The van der Waals surface area contributed by atoms with Crippen LogP contribution in [0.1, 0.15) is 23.5 Å². The van der Waals surface area contributed by atoms with Crippen molar-refractivity contribution in [1.82, 2.24) is 19.7 Å². The second kappa shape index (κ2) is 6.22. The van der Waals surface area contributed by atoms with Gasteiger partial charge in [0.15, 0.2) is 0 Å². The van der Waals surface area contributed by atoms with Crippen LogP contribution in [0.15, 0.2) is 5.38 Å². The van der Waals surface area contributed by atoms with E-state index in [1.807, 2.05) is 17.2 Å². The molecular weight excluding hydrogens is 334 g/mol. The second-order valence-corrected chi connectivity index (χ2v) is 8.21. The first kappa shape index (κ1) is 17.5. The van der Waals surface area contributed by atoms with Gasteiger partial charge in [-0.3, -0.25) is 4.90 Å². The van der Waals surface area contributed by atoms with Crippen molar-refractivity contribution >= 4 is 17.4 Å². The quantitative estimate of drug-likeness (QED) is 0.816. The fraction of sp³-hybridized carbons (Fsp3) is 0.750. The largest absolute Gasteiger partial charge is 0.331 e. The van der Waals surface area contributed by atoms with Gasteiger partial charge in [-0.15, -0.1) is 11.3 Å². The summed E-state index contributed by atoms with van der Waals surface area (Å²) in [5, 5.41) is 2.98. The zero-order valence-electron chi connectivity index (χ0n) is 14.4. The molecule has 8 heteroatoms. The fourth-order valence-corrected chi connectivity index (χ4v) is 4.38. The number of rotatable bonds is 2. The third-order valence-electron chi connectivity index (χ3n) is 5.10. The van der Waals surface area contributed by atoms with Gasteiger partial charge in [-0.2, -0.15) is 0 Å². The average Bonchev–Trinajstić information content (AvgIpc) is 3.09. The van der Waals surface area contributed by atoms with Crippen LogP contribution in [0.5, 0.6) is 0 Å². The first-order valence-electron chi connectivity index (χ1n) is 8.20. The molecule has 0 aromatic carbocycles. The molecule has 24 heavy (non-hydrogen) atoms. The summed E-state index contributed by atoms with van der Waals surface area (Å²) in [6, 6.07) is -0.182. The van der Waals surface area contributed by atoms with E-state index in [4.69, 9.17) is 0 Å². The van der Waals surface area contributed by atoms with Crippen LogP contribution in [0.25, 0.3) is 0 Å². The molecule has 3 heterocycles. The smallest absolute Gasteiger partial charge is 0.319 e. The Balaban J connectivity index is 1.73. The molecule has 0 bridgehead atoms. The zero-order chi connectivity index (χ0) is 17.5. The van der Waals surface area contributed by atoms with E-state index in [1.165, 1.54) is 4.90 Å². The van der Waals surface area contributed by atoms with E-state index in [-0.39, 0.29) is 25.5 Å². The van der Waals surface area contributed by atoms with Gasteiger partial charge < -0.3 is 9.80 Å². The number of urea groups is 1. The summed E-state index contributed by atoms with van der Waals surface area (Å²) in [7, 11) is 3.32. The summed E-state index contributed by atoms with van der Waals surface area (Å²) in [4.78, 5) is 21.7. The molecule has 0 aliphatic carbocycles. The topological polar surface area (TPSA) is 39.7 Å². The molecule has 1 aromatic heterocycles. The lowest BCUT2D eigenvalue weighted by atomic mass is 9.75. The van der Waals surface area contributed by atoms with Crippen LogP contribution >= 0.6 is 11.3 Å². The van der Waals surface area contributed by atoms with Gasteiger partial charge >= 0.3 is 6.03 Å². The van der Waals surface area contributed by atoms with Gasteiger partial charge in [0.25, 0.3) is 5.92 Å². The number of hydrogen-bond donors (Lipinski definition) is 0. The third-order valence-corrected chi connectivity index (χ3v) is 5.93. The number of likely N-dealkylation sites (tertiary alicyclic amines) is 2. The van der Waals surface area contributed by atoms with Gasteiger partial charge in [-0.05, 0) is 19.9 Å². The van der Waals surface area contributed by atoms with E-state index in [9.17, 15) is 13.6 Å². The minimum Gasteiger partial charge on any atom is -0.331 e. The summed E-state index contributed by atoms with van der Waals surface area (Å²) >= 11 is 1.58. The summed E-state index contributed by atoms with van der Waals surface area (Å²) < 4.78 is 29.5. The highest BCUT2D eigenvalue weighted by Gasteiger charge is 2.59. The van der Waals surface area contributed by atoms with Crippen LogP contribution in [0.3, 0.4) is 0 Å². The molecule has 1 aromatic rings. The van der Waals surface area contributed by atoms with Gasteiger partial charge in [-0.1, -0.05) is 0 Å². The lowest BCUT2D eigenvalue weighted by Crippen LogP contribution is -2.59. The van der Waals surface area contributed by atoms with Crippen molar-refractivity contribution in [3.63, 3.8) is 0 Å². The summed E-state index contributed by atoms with van der Waals surface area (Å²) in [5.41, 5.74) is -0.197. The highest BCUT2D eigenvalue weighted by Crippen LogP contribution is 2.49. The standard InChI is InChI=1S/C16H24F2N4OS/c1-12-19-13(9-24-12)8-21-6-4-15(10-21)11-22(14(23)20(2)3)7-5-16(15,17)18/h9H,4-8,10-11H2,1-3H3/t15-/m1/s1. The molecule has 2 aliphatic heterocycles. The molecule has 0 saturated carbocycles. The minimum atomic E-state index is -2.73. The predicted octanol–water partition coefficient (Wildman–Crippen LogP) is 2.67. The van der Waals surface area contributed by atoms with Crippen molar-refractivity contribution < 1.29 is 13.6 Å². The molecule has 0 radical (unpaired) electrons. The minimum absolute atomic E-state index is 0.122. The molecule has 1 atom stereocenters. The SMILES string of the molecule is Cc1nc(CN2CC[C@@]3(C2)CN(C(=O)N(C)C)CCC3(F)F)cs1. The number of aryl methyl sites for hydroxylation is 1. The molecular formula is C16H24F2N4OS. The van der Waals surface area contributed by atoms with Crippen LogP contribution in [-0.2, 0) is 6.54 Å². The number of carbonyl (C=O) groups is 1. The summed E-state index contributed by atoms with van der Waals surface area (Å²) in [5.74, 6) is -2.73. The van der Waals surface area contributed by atoms with Crippen molar-refractivity contribution in [3.8, 4) is 0 Å². The van der Waals surface area contributed by atoms with Crippen molar-refractivity contribution in [3.05, 3.63) is 16.1 Å². The van der Waals surface area contributed by atoms with Crippen molar-refractivity contribution in [1.29, 1.82) is 0 Å². The van der Waals surface area contributed by atoms with Gasteiger partial charge in [0.1, 0.15) is 0 Å². The molecule has 2 aliphatic rings. The lowest BCUT2D eigenvalue weighted by Gasteiger charge is -2.46. The fourth-order valence-electron chi connectivity index (χ4n) is 3.78. The summed E-state index contributed by atoms with van der Waals surface area (Å²) in [6.45, 7) is 3.73. The highest BCUT2D eigenvalue weighted by atomic mass is 32.1. The van der Waals surface area contributed by atoms with Crippen LogP contribution in [0, 0.1) is 12.3 Å². The van der Waals surface area contributed by atoms with E-state index < -0.39 is 11.3 Å². The Morgan fingerprint density at radius 2 is 2.08 bits per heavy atom. The van der Waals surface area contributed by atoms with E-state index in [1.54, 1.807) is 30.3 Å². The van der Waals surface area contributed by atoms with Gasteiger partial charge in [0, 0.05) is 52.1 Å². The molecule has 0 N–H and O–H groups in total. The van der Waals surface area contributed by atoms with E-state index in [0.717, 1.165) is 10.7 Å². The zero-order valence-corrected chi connectivity index (χ0v) is 15.2. The number of amides is 2. The maximum absolute atomic E-state index is 14.7. The normalized spacial score (nSPS) is 27.0. The maximum Gasteiger partial charge on any atom is 0.319 e. The Kier molecular flexibility index (Phi) is 4.55. The molecule has 2 amide bonds. The number of halogens is 2. The first-order chi connectivity index (χ1) is 11.2. The van der Waals surface area contributed by atoms with Crippen molar-refractivity contribution in [2.75, 3.05) is 40.3 Å².